The molecule has 0 aliphatic rings. The van der Waals surface area contributed by atoms with Gasteiger partial charge in [0.05, 0.1) is 12.1 Å². The van der Waals surface area contributed by atoms with Crippen LogP contribution in [0.25, 0.3) is 0 Å². The number of pyridine rings is 1. The molecule has 0 saturated heterocycles. The predicted octanol–water partition coefficient (Wildman–Crippen LogP) is 3.28. The number of rotatable bonds is 8. The second-order valence-electron chi connectivity index (χ2n) is 6.31. The second kappa shape index (κ2) is 8.48. The molecule has 1 unspecified atom stereocenters. The number of ether oxygens (including phenoxy) is 1. The number of aromatic carboxylic acids is 1. The number of nitrogens with one attached hydrogen (secondary N) is 1. The lowest BCUT2D eigenvalue weighted by molar-refractivity contribution is 0.0690. The zero-order chi connectivity index (χ0) is 18.4. The minimum absolute atomic E-state index is 0.0293. The number of carboxylic acid groups (broad SMARTS) is 1. The van der Waals surface area contributed by atoms with Gasteiger partial charge in [0.15, 0.2) is 5.69 Å². The van der Waals surface area contributed by atoms with Crippen LogP contribution in [0, 0.1) is 0 Å². The van der Waals surface area contributed by atoms with E-state index in [1.807, 2.05) is 52.2 Å². The molecule has 0 amide bonds. The van der Waals surface area contributed by atoms with Crippen LogP contribution in [0.1, 0.15) is 35.9 Å². The van der Waals surface area contributed by atoms with E-state index in [-0.39, 0.29) is 17.8 Å². The molecule has 6 nitrogen and oxygen atoms in total. The Kier molecular flexibility index (Phi) is 6.36. The van der Waals surface area contributed by atoms with Crippen LogP contribution >= 0.6 is 0 Å². The number of carboxylic acids is 1. The molecule has 25 heavy (non-hydrogen) atoms. The maximum Gasteiger partial charge on any atom is 0.354 e. The van der Waals surface area contributed by atoms with Crippen LogP contribution in [0.5, 0.6) is 5.75 Å². The highest BCUT2D eigenvalue weighted by Gasteiger charge is 2.15. The molecule has 0 saturated carbocycles. The lowest BCUT2D eigenvalue weighted by atomic mass is 10.1. The van der Waals surface area contributed by atoms with Crippen LogP contribution in [0.15, 0.2) is 42.5 Å². The average Bonchev–Trinajstić information content (AvgIpc) is 2.56. The highest BCUT2D eigenvalue weighted by Crippen LogP contribution is 2.22. The van der Waals surface area contributed by atoms with Crippen LogP contribution < -0.4 is 10.1 Å². The number of hydrogen-bond donors (Lipinski definition) is 2. The largest absolute Gasteiger partial charge is 0.491 e. The van der Waals surface area contributed by atoms with Crippen molar-refractivity contribution in [1.29, 1.82) is 0 Å². The fourth-order valence-corrected chi connectivity index (χ4v) is 2.49. The van der Waals surface area contributed by atoms with E-state index in [0.29, 0.717) is 12.4 Å². The molecule has 134 valence electrons. The Bertz CT molecular complexity index is 699. The summed E-state index contributed by atoms with van der Waals surface area (Å²) in [6.07, 6.45) is 0.143. The molecule has 0 fully saturated rings. The van der Waals surface area contributed by atoms with E-state index in [1.54, 1.807) is 12.1 Å². The third kappa shape index (κ3) is 5.46. The van der Waals surface area contributed by atoms with E-state index in [4.69, 9.17) is 9.84 Å². The van der Waals surface area contributed by atoms with Gasteiger partial charge in [0.25, 0.3) is 0 Å². The van der Waals surface area contributed by atoms with Crippen molar-refractivity contribution in [3.63, 3.8) is 0 Å². The van der Waals surface area contributed by atoms with Gasteiger partial charge in [-0.3, -0.25) is 0 Å². The Morgan fingerprint density at radius 2 is 1.88 bits per heavy atom. The molecule has 1 atom stereocenters. The molecule has 2 aromatic rings. The van der Waals surface area contributed by atoms with Crippen LogP contribution in [0.2, 0.25) is 0 Å². The van der Waals surface area contributed by atoms with Gasteiger partial charge >= 0.3 is 5.97 Å². The number of nitrogens with zero attached hydrogens (tertiary/aromatic N) is 2. The zero-order valence-corrected chi connectivity index (χ0v) is 15.1. The van der Waals surface area contributed by atoms with Crippen LogP contribution in [-0.4, -0.2) is 47.7 Å². The molecule has 1 heterocycles. The van der Waals surface area contributed by atoms with Gasteiger partial charge in [-0.15, -0.1) is 0 Å². The quantitative estimate of drug-likeness (QED) is 0.766. The number of aromatic nitrogens is 1. The van der Waals surface area contributed by atoms with Gasteiger partial charge in [0, 0.05) is 6.54 Å². The summed E-state index contributed by atoms with van der Waals surface area (Å²) in [6, 6.07) is 13.1. The topological polar surface area (TPSA) is 74.7 Å². The minimum Gasteiger partial charge on any atom is -0.491 e. The average molecular weight is 343 g/mol. The van der Waals surface area contributed by atoms with Gasteiger partial charge < -0.3 is 20.1 Å². The van der Waals surface area contributed by atoms with Crippen LogP contribution in [0.4, 0.5) is 5.82 Å². The maximum atomic E-state index is 11.0. The third-order valence-electron chi connectivity index (χ3n) is 3.70. The van der Waals surface area contributed by atoms with Gasteiger partial charge in [-0.25, -0.2) is 9.78 Å². The standard InChI is InChI=1S/C19H25N3O3/c1-13(2)25-15-10-8-14(9-11-15)17(22(3)4)12-20-18-7-5-6-16(21-18)19(23)24/h5-11,13,17H,12H2,1-4H3,(H,20,21)(H,23,24). The van der Waals surface area contributed by atoms with Gasteiger partial charge in [-0.05, 0) is 57.8 Å². The molecule has 0 spiro atoms. The molecule has 0 radical (unpaired) electrons. The number of anilines is 1. The minimum atomic E-state index is -1.03. The molecule has 1 aromatic carbocycles. The van der Waals surface area contributed by atoms with Crippen molar-refractivity contribution >= 4 is 11.8 Å². The SMILES string of the molecule is CC(C)Oc1ccc(C(CNc2cccc(C(=O)O)n2)N(C)C)cc1. The first kappa shape index (κ1) is 18.7. The first-order valence-corrected chi connectivity index (χ1v) is 8.24. The van der Waals surface area contributed by atoms with Crippen molar-refractivity contribution in [2.75, 3.05) is 26.0 Å². The van der Waals surface area contributed by atoms with Gasteiger partial charge in [-0.1, -0.05) is 18.2 Å². The van der Waals surface area contributed by atoms with E-state index < -0.39 is 5.97 Å². The predicted molar refractivity (Wildman–Crippen MR) is 98.3 cm³/mol. The lowest BCUT2D eigenvalue weighted by Gasteiger charge is -2.25. The molecule has 1 aromatic heterocycles. The number of benzene rings is 1. The summed E-state index contributed by atoms with van der Waals surface area (Å²) in [5.41, 5.74) is 1.17. The van der Waals surface area contributed by atoms with E-state index in [9.17, 15) is 4.79 Å². The lowest BCUT2D eigenvalue weighted by Crippen LogP contribution is -2.27. The van der Waals surface area contributed by atoms with Crippen molar-refractivity contribution in [1.82, 2.24) is 9.88 Å². The van der Waals surface area contributed by atoms with E-state index in [1.165, 1.54) is 6.07 Å². The van der Waals surface area contributed by atoms with Crippen molar-refractivity contribution in [2.24, 2.45) is 0 Å². The maximum absolute atomic E-state index is 11.0. The smallest absolute Gasteiger partial charge is 0.354 e. The Balaban J connectivity index is 2.08. The van der Waals surface area contributed by atoms with Crippen molar-refractivity contribution in [3.05, 3.63) is 53.7 Å². The molecule has 0 bridgehead atoms. The summed E-state index contributed by atoms with van der Waals surface area (Å²) in [7, 11) is 4.01. The molecule has 0 aliphatic heterocycles. The molecule has 0 aliphatic carbocycles. The summed E-state index contributed by atoms with van der Waals surface area (Å²) >= 11 is 0. The van der Waals surface area contributed by atoms with Crippen molar-refractivity contribution in [3.8, 4) is 5.75 Å². The molecule has 2 N–H and O–H groups in total. The molecular formula is C19H25N3O3. The summed E-state index contributed by atoms with van der Waals surface area (Å²) in [4.78, 5) is 17.2. The molecule has 6 heteroatoms. The zero-order valence-electron chi connectivity index (χ0n) is 15.1. The van der Waals surface area contributed by atoms with Crippen molar-refractivity contribution in [2.45, 2.75) is 26.0 Å². The Hall–Kier alpha value is -2.60. The fourth-order valence-electron chi connectivity index (χ4n) is 2.49. The third-order valence-corrected chi connectivity index (χ3v) is 3.70. The fraction of sp³-hybridized carbons (Fsp3) is 0.368. The van der Waals surface area contributed by atoms with Crippen LogP contribution in [-0.2, 0) is 0 Å². The highest BCUT2D eigenvalue weighted by atomic mass is 16.5. The highest BCUT2D eigenvalue weighted by molar-refractivity contribution is 5.85. The van der Waals surface area contributed by atoms with Gasteiger partial charge in [0.2, 0.25) is 0 Å². The Morgan fingerprint density at radius 3 is 2.44 bits per heavy atom. The second-order valence-corrected chi connectivity index (χ2v) is 6.31. The first-order valence-electron chi connectivity index (χ1n) is 8.24. The first-order chi connectivity index (χ1) is 11.9. The number of likely N-dealkylation sites (N-methyl/N-ethyl adjacent to an activating group) is 1. The molecular weight excluding hydrogens is 318 g/mol. The molecule has 2 rings (SSSR count). The van der Waals surface area contributed by atoms with Crippen LogP contribution in [0.3, 0.4) is 0 Å². The van der Waals surface area contributed by atoms with Crippen molar-refractivity contribution < 1.29 is 14.6 Å². The Morgan fingerprint density at radius 1 is 1.20 bits per heavy atom. The number of carbonyl (C=O) groups is 1. The van der Waals surface area contributed by atoms with Gasteiger partial charge in [0.1, 0.15) is 11.6 Å². The normalized spacial score (nSPS) is 12.2. The summed E-state index contributed by atoms with van der Waals surface area (Å²) in [5, 5.41) is 12.3. The number of hydrogen-bond acceptors (Lipinski definition) is 5. The van der Waals surface area contributed by atoms with E-state index >= 15 is 0 Å². The Labute approximate surface area is 148 Å². The van der Waals surface area contributed by atoms with E-state index in [0.717, 1.165) is 11.3 Å². The summed E-state index contributed by atoms with van der Waals surface area (Å²) < 4.78 is 5.68. The summed E-state index contributed by atoms with van der Waals surface area (Å²) in [5.74, 6) is 0.361. The monoisotopic (exact) mass is 343 g/mol. The van der Waals surface area contributed by atoms with Gasteiger partial charge in [-0.2, -0.15) is 0 Å². The summed E-state index contributed by atoms with van der Waals surface area (Å²) in [6.45, 7) is 4.60. The van der Waals surface area contributed by atoms with E-state index in [2.05, 4.69) is 15.2 Å².